The van der Waals surface area contributed by atoms with Crippen LogP contribution in [0.15, 0.2) is 95.2 Å². The third kappa shape index (κ3) is 10.2. The molecule has 5 aromatic rings. The Bertz CT molecular complexity index is 1520. The number of hydrogen-bond acceptors (Lipinski definition) is 6. The Morgan fingerprint density at radius 2 is 0.795 bits per heavy atom. The molecule has 1 aromatic carbocycles. The van der Waals surface area contributed by atoms with Gasteiger partial charge in [0.2, 0.25) is 0 Å². The maximum Gasteiger partial charge on any atom is 0.0894 e. The number of nitrogens with zero attached hydrogens (tertiary/aromatic N) is 6. The van der Waals surface area contributed by atoms with Gasteiger partial charge in [-0.25, -0.2) is 9.97 Å². The summed E-state index contributed by atoms with van der Waals surface area (Å²) in [7, 11) is 0. The molecule has 0 saturated carbocycles. The average molecular weight is 760 g/mol. The summed E-state index contributed by atoms with van der Waals surface area (Å²) in [5.41, 5.74) is 11.1. The van der Waals surface area contributed by atoms with Crippen molar-refractivity contribution in [2.75, 3.05) is 0 Å². The molecule has 236 valence electrons. The SMILES string of the molecule is Cc1c(C)c(N=Cc2cccc(-c3ccccn3)n2)c(C)c(C)c1N=Cc1cccc(-c2ccccn2)n1.Cl.Cl.Cl.Cl.[Co].[Co]. The molecule has 12 heteroatoms. The number of pyridine rings is 4. The van der Waals surface area contributed by atoms with Crippen LogP contribution in [-0.4, -0.2) is 32.4 Å². The molecule has 0 spiro atoms. The molecule has 44 heavy (non-hydrogen) atoms. The van der Waals surface area contributed by atoms with Gasteiger partial charge in [0.05, 0.1) is 58.0 Å². The molecule has 0 amide bonds. The predicted molar refractivity (Wildman–Crippen MR) is 184 cm³/mol. The van der Waals surface area contributed by atoms with Crippen LogP contribution < -0.4 is 0 Å². The summed E-state index contributed by atoms with van der Waals surface area (Å²) in [6.45, 7) is 8.35. The minimum absolute atomic E-state index is 0. The molecule has 0 aliphatic carbocycles. The monoisotopic (exact) mass is 758 g/mol. The summed E-state index contributed by atoms with van der Waals surface area (Å²) in [5.74, 6) is 0. The van der Waals surface area contributed by atoms with Crippen molar-refractivity contribution in [1.82, 2.24) is 19.9 Å². The van der Waals surface area contributed by atoms with Crippen LogP contribution in [0.5, 0.6) is 0 Å². The maximum absolute atomic E-state index is 4.86. The average Bonchev–Trinajstić information content (AvgIpc) is 2.97. The molecule has 0 fully saturated rings. The van der Waals surface area contributed by atoms with E-state index in [1.165, 1.54) is 0 Å². The fourth-order valence-corrected chi connectivity index (χ4v) is 4.28. The van der Waals surface area contributed by atoms with Crippen molar-refractivity contribution in [3.05, 3.63) is 119 Å². The molecule has 2 radical (unpaired) electrons. The van der Waals surface area contributed by atoms with Gasteiger partial charge >= 0.3 is 0 Å². The fraction of sp³-hybridized carbons (Fsp3) is 0.125. The number of benzene rings is 1. The standard InChI is InChI=1S/C32H28N6.4ClH.2Co/c1-21-22(2)32(36-20-26-12-10-16-30(38-26)28-14-6-8-18-34-28)24(4)23(3)31(21)35-19-25-11-9-15-29(37-25)27-13-5-7-17-33-27;;;;;;/h5-20H,1-4H3;4*1H;;. The second-order valence-electron chi connectivity index (χ2n) is 9.04. The van der Waals surface area contributed by atoms with E-state index in [9.17, 15) is 0 Å². The van der Waals surface area contributed by atoms with Crippen LogP contribution >= 0.6 is 49.6 Å². The van der Waals surface area contributed by atoms with E-state index < -0.39 is 0 Å². The van der Waals surface area contributed by atoms with Gasteiger partial charge in [0.1, 0.15) is 0 Å². The molecule has 6 nitrogen and oxygen atoms in total. The maximum atomic E-state index is 4.86. The minimum Gasteiger partial charge on any atom is -0.255 e. The van der Waals surface area contributed by atoms with Crippen molar-refractivity contribution < 1.29 is 33.6 Å². The zero-order chi connectivity index (χ0) is 26.5. The van der Waals surface area contributed by atoms with E-state index in [1.54, 1.807) is 12.4 Å². The van der Waals surface area contributed by atoms with E-state index in [2.05, 4.69) is 37.7 Å². The molecule has 4 aromatic heterocycles. The van der Waals surface area contributed by atoms with Gasteiger partial charge in [0.25, 0.3) is 0 Å². The second kappa shape index (κ2) is 20.4. The summed E-state index contributed by atoms with van der Waals surface area (Å²) in [6, 6.07) is 23.4. The zero-order valence-corrected chi connectivity index (χ0v) is 29.6. The first-order valence-corrected chi connectivity index (χ1v) is 12.5. The van der Waals surface area contributed by atoms with Crippen LogP contribution in [-0.2, 0) is 33.6 Å². The quantitative estimate of drug-likeness (QED) is 0.162. The molecular formula is C32H32Cl4Co2N6. The van der Waals surface area contributed by atoms with Crippen molar-refractivity contribution in [2.24, 2.45) is 9.98 Å². The Labute approximate surface area is 304 Å². The smallest absolute Gasteiger partial charge is 0.0894 e. The summed E-state index contributed by atoms with van der Waals surface area (Å²) < 4.78 is 0. The van der Waals surface area contributed by atoms with Gasteiger partial charge in [-0.1, -0.05) is 24.3 Å². The van der Waals surface area contributed by atoms with Crippen molar-refractivity contribution >= 4 is 73.4 Å². The van der Waals surface area contributed by atoms with E-state index in [-0.39, 0.29) is 83.2 Å². The molecule has 0 aliphatic rings. The van der Waals surface area contributed by atoms with E-state index in [0.29, 0.717) is 0 Å². The Balaban J connectivity index is 0. The van der Waals surface area contributed by atoms with Crippen LogP contribution in [0.2, 0.25) is 0 Å². The fourth-order valence-electron chi connectivity index (χ4n) is 4.28. The molecule has 5 rings (SSSR count). The normalized spacial score (nSPS) is 9.91. The van der Waals surface area contributed by atoms with Gasteiger partial charge < -0.3 is 0 Å². The molecule has 0 aliphatic heterocycles. The summed E-state index contributed by atoms with van der Waals surface area (Å²) in [6.07, 6.45) is 7.17. The number of aliphatic imine (C=N–C) groups is 2. The topological polar surface area (TPSA) is 76.3 Å². The first-order valence-electron chi connectivity index (χ1n) is 12.5. The molecular weight excluding hydrogens is 728 g/mol. The minimum atomic E-state index is 0. The van der Waals surface area contributed by atoms with E-state index in [4.69, 9.17) is 20.0 Å². The summed E-state index contributed by atoms with van der Waals surface area (Å²) >= 11 is 0. The largest absolute Gasteiger partial charge is 0.255 e. The molecule has 0 atom stereocenters. The van der Waals surface area contributed by atoms with Crippen molar-refractivity contribution in [1.29, 1.82) is 0 Å². The number of aromatic nitrogens is 4. The number of halogens is 4. The summed E-state index contributed by atoms with van der Waals surface area (Å²) in [4.78, 5) is 28.0. The molecule has 0 N–H and O–H groups in total. The van der Waals surface area contributed by atoms with Gasteiger partial charge in [-0.2, -0.15) is 0 Å². The summed E-state index contributed by atoms with van der Waals surface area (Å²) in [5, 5.41) is 0. The van der Waals surface area contributed by atoms with Gasteiger partial charge in [-0.15, -0.1) is 49.6 Å². The van der Waals surface area contributed by atoms with Gasteiger partial charge in [-0.3, -0.25) is 20.0 Å². The first-order chi connectivity index (χ1) is 18.5. The van der Waals surface area contributed by atoms with Crippen LogP contribution in [0, 0.1) is 27.7 Å². The van der Waals surface area contributed by atoms with Crippen molar-refractivity contribution in [3.8, 4) is 22.8 Å². The Kier molecular flexibility index (Phi) is 20.1. The Morgan fingerprint density at radius 1 is 0.455 bits per heavy atom. The van der Waals surface area contributed by atoms with E-state index in [1.807, 2.05) is 85.2 Å². The van der Waals surface area contributed by atoms with Crippen LogP contribution in [0.4, 0.5) is 11.4 Å². The van der Waals surface area contributed by atoms with Crippen LogP contribution in [0.3, 0.4) is 0 Å². The molecule has 0 saturated heterocycles. The second-order valence-corrected chi connectivity index (χ2v) is 9.04. The van der Waals surface area contributed by atoms with Crippen molar-refractivity contribution in [2.45, 2.75) is 27.7 Å². The van der Waals surface area contributed by atoms with E-state index >= 15 is 0 Å². The number of hydrogen-bond donors (Lipinski definition) is 0. The van der Waals surface area contributed by atoms with Crippen LogP contribution in [0.25, 0.3) is 22.8 Å². The van der Waals surface area contributed by atoms with Gasteiger partial charge in [-0.05, 0) is 98.5 Å². The van der Waals surface area contributed by atoms with Gasteiger partial charge in [0, 0.05) is 46.0 Å². The van der Waals surface area contributed by atoms with E-state index in [0.717, 1.165) is 67.8 Å². The van der Waals surface area contributed by atoms with Crippen LogP contribution in [0.1, 0.15) is 33.6 Å². The predicted octanol–water partition coefficient (Wildman–Crippen LogP) is 9.02. The third-order valence-corrected chi connectivity index (χ3v) is 6.59. The third-order valence-electron chi connectivity index (χ3n) is 6.59. The molecule has 0 bridgehead atoms. The Morgan fingerprint density at radius 3 is 1.11 bits per heavy atom. The molecule has 0 unspecified atom stereocenters. The zero-order valence-electron chi connectivity index (χ0n) is 24.2. The number of rotatable bonds is 6. The van der Waals surface area contributed by atoms with Gasteiger partial charge in [0.15, 0.2) is 0 Å². The first kappa shape index (κ1) is 43.5. The van der Waals surface area contributed by atoms with Crippen molar-refractivity contribution in [3.63, 3.8) is 0 Å². The molecule has 4 heterocycles. The Hall–Kier alpha value is -2.67.